The molecule has 210 valence electrons. The molecule has 0 radical (unpaired) electrons. The molecule has 2 amide bonds. The number of rotatable bonds is 6. The van der Waals surface area contributed by atoms with Crippen molar-refractivity contribution in [2.75, 3.05) is 18.4 Å². The topological polar surface area (TPSA) is 89.2 Å². The largest absolute Gasteiger partial charge is 0.403 e. The summed E-state index contributed by atoms with van der Waals surface area (Å²) in [4.78, 5) is 18.7. The Balaban J connectivity index is 1.43. The molecule has 5 rings (SSSR count). The molecule has 40 heavy (non-hydrogen) atoms. The van der Waals surface area contributed by atoms with Gasteiger partial charge in [-0.05, 0) is 36.8 Å². The molecular formula is C26H24F5N7O2. The van der Waals surface area contributed by atoms with Crippen molar-refractivity contribution in [1.29, 1.82) is 0 Å². The number of alkyl halides is 3. The highest BCUT2D eigenvalue weighted by atomic mass is 19.4. The first-order chi connectivity index (χ1) is 19.0. The number of nitrogens with one attached hydrogen (secondary N) is 2. The summed E-state index contributed by atoms with van der Waals surface area (Å²) in [5, 5.41) is 14.9. The third-order valence-electron chi connectivity index (χ3n) is 6.31. The van der Waals surface area contributed by atoms with Gasteiger partial charge in [0.15, 0.2) is 11.6 Å². The van der Waals surface area contributed by atoms with E-state index in [-0.39, 0.29) is 12.1 Å². The number of amides is 2. The molecule has 2 aromatic heterocycles. The summed E-state index contributed by atoms with van der Waals surface area (Å²) in [5.41, 5.74) is 2.61. The van der Waals surface area contributed by atoms with E-state index in [1.807, 2.05) is 6.07 Å². The van der Waals surface area contributed by atoms with E-state index in [1.54, 1.807) is 55.3 Å². The minimum Gasteiger partial charge on any atom is -0.331 e. The Labute approximate surface area is 225 Å². The lowest BCUT2D eigenvalue weighted by Crippen LogP contribution is -2.43. The molecule has 3 heterocycles. The van der Waals surface area contributed by atoms with Gasteiger partial charge in [-0.15, -0.1) is 0 Å². The predicted octanol–water partition coefficient (Wildman–Crippen LogP) is 4.90. The molecular weight excluding hydrogens is 537 g/mol. The number of aromatic nitrogens is 4. The minimum atomic E-state index is -4.59. The van der Waals surface area contributed by atoms with E-state index in [2.05, 4.69) is 20.8 Å². The standard InChI is InChI=1S/C26H24F5N7O2/c1-15-22(17-11-32-36(2)12-17)35-38(18-6-4-3-5-7-18)24(15)34-25(39)33-21-13-37(14-26(29,30)31)40-23(21)16-8-9-19(27)20(28)10-16/h3-12,21,23H,13-14H2,1-2H3,(H2,33,34,39)/t21-,23+/m1/s1. The molecule has 1 aliphatic rings. The number of carbonyl (C=O) groups is 1. The lowest BCUT2D eigenvalue weighted by molar-refractivity contribution is -0.227. The van der Waals surface area contributed by atoms with Gasteiger partial charge >= 0.3 is 12.2 Å². The Bertz CT molecular complexity index is 1520. The van der Waals surface area contributed by atoms with E-state index in [9.17, 15) is 26.7 Å². The fourth-order valence-corrected chi connectivity index (χ4v) is 4.53. The lowest BCUT2D eigenvalue weighted by Gasteiger charge is -2.20. The zero-order valence-electron chi connectivity index (χ0n) is 21.3. The first-order valence-electron chi connectivity index (χ1n) is 12.1. The van der Waals surface area contributed by atoms with Crippen LogP contribution in [0, 0.1) is 18.6 Å². The van der Waals surface area contributed by atoms with Gasteiger partial charge in [-0.25, -0.2) is 18.3 Å². The number of para-hydroxylation sites is 1. The molecule has 0 bridgehead atoms. The van der Waals surface area contributed by atoms with E-state index in [0.29, 0.717) is 33.4 Å². The van der Waals surface area contributed by atoms with Crippen molar-refractivity contribution in [2.45, 2.75) is 25.2 Å². The second-order valence-electron chi connectivity index (χ2n) is 9.31. The number of hydroxylamine groups is 2. The average Bonchev–Trinajstić information content (AvgIpc) is 3.58. The van der Waals surface area contributed by atoms with Gasteiger partial charge in [-0.3, -0.25) is 14.8 Å². The van der Waals surface area contributed by atoms with Crippen LogP contribution in [0.1, 0.15) is 17.2 Å². The summed E-state index contributed by atoms with van der Waals surface area (Å²) in [6.07, 6.45) is -2.38. The van der Waals surface area contributed by atoms with Crippen LogP contribution in [0.2, 0.25) is 0 Å². The van der Waals surface area contributed by atoms with Crippen molar-refractivity contribution in [3.05, 3.63) is 83.7 Å². The first kappa shape index (κ1) is 27.3. The van der Waals surface area contributed by atoms with E-state index in [1.165, 1.54) is 10.7 Å². The van der Waals surface area contributed by atoms with Crippen molar-refractivity contribution in [2.24, 2.45) is 7.05 Å². The van der Waals surface area contributed by atoms with Crippen LogP contribution < -0.4 is 10.6 Å². The van der Waals surface area contributed by atoms with Gasteiger partial charge in [-0.2, -0.15) is 28.4 Å². The molecule has 0 saturated carbocycles. The summed E-state index contributed by atoms with van der Waals surface area (Å²) < 4.78 is 69.8. The molecule has 1 aliphatic heterocycles. The van der Waals surface area contributed by atoms with Crippen molar-refractivity contribution in [3.63, 3.8) is 0 Å². The SMILES string of the molecule is Cc1c(-c2cnn(C)c2)nn(-c2ccccc2)c1NC(=O)N[C@@H]1CN(CC(F)(F)F)O[C@H]1c1ccc(F)c(F)c1. The monoisotopic (exact) mass is 561 g/mol. The molecule has 0 unspecified atom stereocenters. The maximum atomic E-state index is 13.9. The minimum absolute atomic E-state index is 0.0678. The number of hydrogen-bond acceptors (Lipinski definition) is 5. The normalized spacial score (nSPS) is 17.8. The molecule has 0 aliphatic carbocycles. The highest BCUT2D eigenvalue weighted by Gasteiger charge is 2.42. The van der Waals surface area contributed by atoms with Crippen LogP contribution in [0.5, 0.6) is 0 Å². The zero-order valence-corrected chi connectivity index (χ0v) is 21.3. The molecule has 1 fully saturated rings. The molecule has 4 aromatic rings. The van der Waals surface area contributed by atoms with E-state index < -0.39 is 42.5 Å². The summed E-state index contributed by atoms with van der Waals surface area (Å²) in [7, 11) is 1.76. The van der Waals surface area contributed by atoms with Crippen molar-refractivity contribution < 1.29 is 31.6 Å². The Morgan fingerprint density at radius 3 is 2.52 bits per heavy atom. The maximum absolute atomic E-state index is 13.9. The molecule has 2 aromatic carbocycles. The van der Waals surface area contributed by atoms with Crippen LogP contribution in [0.3, 0.4) is 0 Å². The van der Waals surface area contributed by atoms with Crippen molar-refractivity contribution in [3.8, 4) is 16.9 Å². The molecule has 0 spiro atoms. The van der Waals surface area contributed by atoms with Crippen molar-refractivity contribution in [1.82, 2.24) is 29.9 Å². The molecule has 14 heteroatoms. The zero-order chi connectivity index (χ0) is 28.6. The Kier molecular flexibility index (Phi) is 7.29. The number of aryl methyl sites for hydroxylation is 1. The third-order valence-corrected chi connectivity index (χ3v) is 6.31. The molecule has 2 N–H and O–H groups in total. The summed E-state index contributed by atoms with van der Waals surface area (Å²) in [5.74, 6) is -1.99. The van der Waals surface area contributed by atoms with Crippen molar-refractivity contribution >= 4 is 11.8 Å². The smallest absolute Gasteiger partial charge is 0.331 e. The highest BCUT2D eigenvalue weighted by Crippen LogP contribution is 2.33. The molecule has 2 atom stereocenters. The summed E-state index contributed by atoms with van der Waals surface area (Å²) in [6, 6.07) is 10.1. The van der Waals surface area contributed by atoms with Gasteiger partial charge < -0.3 is 5.32 Å². The van der Waals surface area contributed by atoms with E-state index in [0.717, 1.165) is 12.1 Å². The van der Waals surface area contributed by atoms with Crippen LogP contribution in [0.15, 0.2) is 60.9 Å². The highest BCUT2D eigenvalue weighted by molar-refractivity contribution is 5.91. The summed E-state index contributed by atoms with van der Waals surface area (Å²) >= 11 is 0. The van der Waals surface area contributed by atoms with Crippen LogP contribution >= 0.6 is 0 Å². The van der Waals surface area contributed by atoms with E-state index in [4.69, 9.17) is 4.84 Å². The van der Waals surface area contributed by atoms with Gasteiger partial charge in [0.25, 0.3) is 0 Å². The third kappa shape index (κ3) is 5.82. The van der Waals surface area contributed by atoms with Crippen LogP contribution in [0.25, 0.3) is 16.9 Å². The first-order valence-corrected chi connectivity index (χ1v) is 12.1. The average molecular weight is 562 g/mol. The second-order valence-corrected chi connectivity index (χ2v) is 9.31. The Morgan fingerprint density at radius 2 is 1.88 bits per heavy atom. The Morgan fingerprint density at radius 1 is 1.12 bits per heavy atom. The van der Waals surface area contributed by atoms with Crippen LogP contribution in [0.4, 0.5) is 32.6 Å². The molecule has 1 saturated heterocycles. The Hall–Kier alpha value is -4.30. The fraction of sp³-hybridized carbons (Fsp3) is 0.269. The van der Waals surface area contributed by atoms with Gasteiger partial charge in [0.1, 0.15) is 24.2 Å². The van der Waals surface area contributed by atoms with Gasteiger partial charge in [0.05, 0.1) is 17.9 Å². The van der Waals surface area contributed by atoms with Crippen LogP contribution in [-0.4, -0.2) is 56.0 Å². The summed E-state index contributed by atoms with van der Waals surface area (Å²) in [6.45, 7) is -0.00593. The van der Waals surface area contributed by atoms with Gasteiger partial charge in [-0.1, -0.05) is 24.3 Å². The van der Waals surface area contributed by atoms with Crippen LogP contribution in [-0.2, 0) is 11.9 Å². The van der Waals surface area contributed by atoms with Gasteiger partial charge in [0.2, 0.25) is 0 Å². The number of carbonyl (C=O) groups excluding carboxylic acids is 1. The van der Waals surface area contributed by atoms with Gasteiger partial charge in [0, 0.05) is 30.9 Å². The lowest BCUT2D eigenvalue weighted by atomic mass is 10.0. The number of benzene rings is 2. The van der Waals surface area contributed by atoms with E-state index >= 15 is 0 Å². The number of hydrogen-bond donors (Lipinski definition) is 2. The quantitative estimate of drug-likeness (QED) is 0.327. The molecule has 9 nitrogen and oxygen atoms in total. The second kappa shape index (κ2) is 10.7. The predicted molar refractivity (Wildman–Crippen MR) is 134 cm³/mol. The fourth-order valence-electron chi connectivity index (χ4n) is 4.53. The number of halogens is 5. The number of urea groups is 1. The number of anilines is 1. The number of nitrogens with zero attached hydrogens (tertiary/aromatic N) is 5. The maximum Gasteiger partial charge on any atom is 0.403 e.